The lowest BCUT2D eigenvalue weighted by Gasteiger charge is -2.26. The van der Waals surface area contributed by atoms with Crippen LogP contribution in [0.25, 0.3) is 16.7 Å². The molecule has 2 aromatic heterocycles. The van der Waals surface area contributed by atoms with Crippen LogP contribution in [0.5, 0.6) is 0 Å². The van der Waals surface area contributed by atoms with E-state index in [2.05, 4.69) is 83.7 Å². The topological polar surface area (TPSA) is 29.9 Å². The molecule has 1 aliphatic heterocycles. The maximum absolute atomic E-state index is 4.84. The van der Waals surface area contributed by atoms with Gasteiger partial charge in [-0.15, -0.1) is 11.3 Å². The Labute approximate surface area is 156 Å². The van der Waals surface area contributed by atoms with Gasteiger partial charge in [0, 0.05) is 10.6 Å². The third kappa shape index (κ3) is 2.37. The van der Waals surface area contributed by atoms with Gasteiger partial charge in [-0.25, -0.2) is 4.98 Å². The van der Waals surface area contributed by atoms with Gasteiger partial charge in [-0.2, -0.15) is 0 Å². The van der Waals surface area contributed by atoms with Crippen molar-refractivity contribution in [2.75, 3.05) is 5.32 Å². The summed E-state index contributed by atoms with van der Waals surface area (Å²) in [4.78, 5) is 6.16. The van der Waals surface area contributed by atoms with Gasteiger partial charge in [0.25, 0.3) is 0 Å². The average Bonchev–Trinajstić information content (AvgIpc) is 3.30. The molecule has 0 radical (unpaired) electrons. The quantitative estimate of drug-likeness (QED) is 0.493. The highest BCUT2D eigenvalue weighted by atomic mass is 32.1. The molecule has 2 aromatic carbocycles. The minimum atomic E-state index is 0.148. The van der Waals surface area contributed by atoms with E-state index in [-0.39, 0.29) is 6.04 Å². The van der Waals surface area contributed by atoms with Crippen LogP contribution in [-0.4, -0.2) is 9.55 Å². The van der Waals surface area contributed by atoms with Crippen molar-refractivity contribution in [3.63, 3.8) is 0 Å². The molecule has 1 aliphatic rings. The number of fused-ring (bicyclic) bond motifs is 3. The Hall–Kier alpha value is -2.85. The lowest BCUT2D eigenvalue weighted by Crippen LogP contribution is -2.18. The lowest BCUT2D eigenvalue weighted by molar-refractivity contribution is 0.733. The number of nitrogens with zero attached hydrogens (tertiary/aromatic N) is 2. The molecule has 0 bridgehead atoms. The van der Waals surface area contributed by atoms with E-state index in [0.717, 1.165) is 22.7 Å². The minimum absolute atomic E-state index is 0.148. The molecule has 1 atom stereocenters. The van der Waals surface area contributed by atoms with Crippen LogP contribution < -0.4 is 5.32 Å². The molecule has 26 heavy (non-hydrogen) atoms. The van der Waals surface area contributed by atoms with E-state index >= 15 is 0 Å². The molecule has 3 nitrogen and oxygen atoms in total. The van der Waals surface area contributed by atoms with Crippen LogP contribution >= 0.6 is 11.3 Å². The van der Waals surface area contributed by atoms with Crippen molar-refractivity contribution in [1.29, 1.82) is 0 Å². The minimum Gasteiger partial charge on any atom is -0.325 e. The lowest BCUT2D eigenvalue weighted by atomic mass is 10.0. The van der Waals surface area contributed by atoms with Crippen LogP contribution in [0, 0.1) is 13.8 Å². The maximum atomic E-state index is 4.84. The van der Waals surface area contributed by atoms with Crippen molar-refractivity contribution in [3.8, 4) is 0 Å². The average molecular weight is 357 g/mol. The molecule has 128 valence electrons. The Morgan fingerprint density at radius 2 is 1.88 bits per heavy atom. The van der Waals surface area contributed by atoms with Crippen molar-refractivity contribution < 1.29 is 0 Å². The van der Waals surface area contributed by atoms with Crippen LogP contribution in [0.15, 0.2) is 66.1 Å². The van der Waals surface area contributed by atoms with Gasteiger partial charge in [0.05, 0.1) is 17.1 Å². The number of anilines is 1. The van der Waals surface area contributed by atoms with Gasteiger partial charge in [-0.1, -0.05) is 30.3 Å². The number of imidazole rings is 1. The van der Waals surface area contributed by atoms with E-state index in [1.54, 1.807) is 11.3 Å². The van der Waals surface area contributed by atoms with Crippen molar-refractivity contribution in [1.82, 2.24) is 9.55 Å². The Morgan fingerprint density at radius 3 is 2.69 bits per heavy atom. The Kier molecular flexibility index (Phi) is 3.47. The normalized spacial score (nSPS) is 16.2. The van der Waals surface area contributed by atoms with Gasteiger partial charge in [-0.05, 0) is 66.3 Å². The molecule has 0 amide bonds. The summed E-state index contributed by atoms with van der Waals surface area (Å²) >= 11 is 1.79. The third-order valence-electron chi connectivity index (χ3n) is 5.10. The summed E-state index contributed by atoms with van der Waals surface area (Å²) in [5, 5.41) is 5.70. The first-order valence-electron chi connectivity index (χ1n) is 8.77. The molecule has 4 heteroatoms. The van der Waals surface area contributed by atoms with E-state index in [1.807, 2.05) is 6.07 Å². The number of nitrogens with one attached hydrogen (secondary N) is 1. The highest BCUT2D eigenvalue weighted by molar-refractivity contribution is 7.10. The first-order valence-corrected chi connectivity index (χ1v) is 9.65. The molecule has 0 fully saturated rings. The second kappa shape index (κ2) is 5.85. The predicted molar refractivity (Wildman–Crippen MR) is 110 cm³/mol. The molecular weight excluding hydrogens is 338 g/mol. The summed E-state index contributed by atoms with van der Waals surface area (Å²) in [5.74, 6) is 0.903. The molecule has 3 heterocycles. The Bertz CT molecular complexity index is 1140. The maximum Gasteiger partial charge on any atom is 0.209 e. The number of rotatable bonds is 2. The summed E-state index contributed by atoms with van der Waals surface area (Å²) in [6, 6.07) is 19.4. The summed E-state index contributed by atoms with van der Waals surface area (Å²) < 4.78 is 2.30. The molecule has 0 saturated heterocycles. The van der Waals surface area contributed by atoms with Crippen molar-refractivity contribution in [3.05, 3.63) is 87.6 Å². The highest BCUT2D eigenvalue weighted by Gasteiger charge is 2.25. The zero-order chi connectivity index (χ0) is 17.7. The van der Waals surface area contributed by atoms with Gasteiger partial charge in [0.15, 0.2) is 0 Å². The molecule has 0 saturated carbocycles. The van der Waals surface area contributed by atoms with E-state index in [9.17, 15) is 0 Å². The zero-order valence-electron chi connectivity index (χ0n) is 14.7. The van der Waals surface area contributed by atoms with Crippen LogP contribution in [0.1, 0.15) is 27.6 Å². The SMILES string of the molecule is Cc1ccc(C2=C[C@H](c3cccs3)n3c(nc4ccccc43)N2)cc1C. The largest absolute Gasteiger partial charge is 0.325 e. The van der Waals surface area contributed by atoms with Crippen molar-refractivity contribution >= 4 is 34.0 Å². The van der Waals surface area contributed by atoms with Gasteiger partial charge >= 0.3 is 0 Å². The van der Waals surface area contributed by atoms with Crippen molar-refractivity contribution in [2.24, 2.45) is 0 Å². The third-order valence-corrected chi connectivity index (χ3v) is 6.04. The fourth-order valence-electron chi connectivity index (χ4n) is 3.56. The molecule has 0 unspecified atom stereocenters. The predicted octanol–water partition coefficient (Wildman–Crippen LogP) is 5.77. The van der Waals surface area contributed by atoms with E-state index in [4.69, 9.17) is 4.98 Å². The molecule has 1 N–H and O–H groups in total. The summed E-state index contributed by atoms with van der Waals surface area (Å²) in [6.45, 7) is 4.31. The summed E-state index contributed by atoms with van der Waals surface area (Å²) in [6.07, 6.45) is 2.32. The van der Waals surface area contributed by atoms with Gasteiger partial charge < -0.3 is 5.32 Å². The van der Waals surface area contributed by atoms with Crippen LogP contribution in [-0.2, 0) is 0 Å². The van der Waals surface area contributed by atoms with E-state index in [0.29, 0.717) is 0 Å². The smallest absolute Gasteiger partial charge is 0.209 e. The Morgan fingerprint density at radius 1 is 1.00 bits per heavy atom. The number of thiophene rings is 1. The number of aryl methyl sites for hydroxylation is 2. The number of para-hydroxylation sites is 2. The Balaban J connectivity index is 1.71. The van der Waals surface area contributed by atoms with Crippen LogP contribution in [0.2, 0.25) is 0 Å². The highest BCUT2D eigenvalue weighted by Crippen LogP contribution is 2.38. The number of hydrogen-bond donors (Lipinski definition) is 1. The van der Waals surface area contributed by atoms with E-state index < -0.39 is 0 Å². The fourth-order valence-corrected chi connectivity index (χ4v) is 4.34. The molecule has 4 aromatic rings. The summed E-state index contributed by atoms with van der Waals surface area (Å²) in [5.41, 5.74) is 7.11. The second-order valence-electron chi connectivity index (χ2n) is 6.76. The van der Waals surface area contributed by atoms with Gasteiger partial charge in [-0.3, -0.25) is 4.57 Å². The zero-order valence-corrected chi connectivity index (χ0v) is 15.5. The van der Waals surface area contributed by atoms with E-state index in [1.165, 1.54) is 21.6 Å². The van der Waals surface area contributed by atoms with Crippen molar-refractivity contribution in [2.45, 2.75) is 19.9 Å². The number of hydrogen-bond acceptors (Lipinski definition) is 3. The van der Waals surface area contributed by atoms with Gasteiger partial charge in [0.1, 0.15) is 0 Å². The van der Waals surface area contributed by atoms with Crippen LogP contribution in [0.4, 0.5) is 5.95 Å². The van der Waals surface area contributed by atoms with Crippen LogP contribution in [0.3, 0.4) is 0 Å². The summed E-state index contributed by atoms with van der Waals surface area (Å²) in [7, 11) is 0. The second-order valence-corrected chi connectivity index (χ2v) is 7.74. The molecule has 0 spiro atoms. The standard InChI is InChI=1S/C22H19N3S/c1-14-9-10-16(12-15(14)2)18-13-20(21-8-5-11-26-21)25-19-7-4-3-6-17(19)23-22(25)24-18/h3-13,20H,1-2H3,(H,23,24)/t20-/m1/s1. The molecular formula is C22H19N3S. The monoisotopic (exact) mass is 357 g/mol. The first kappa shape index (κ1) is 15.4. The number of allylic oxidation sites excluding steroid dienone is 1. The molecule has 5 rings (SSSR count). The molecule has 0 aliphatic carbocycles. The fraction of sp³-hybridized carbons (Fsp3) is 0.136. The number of benzene rings is 2. The first-order chi connectivity index (χ1) is 12.7. The van der Waals surface area contributed by atoms with Gasteiger partial charge in [0.2, 0.25) is 5.95 Å². The number of aromatic nitrogens is 2.